The van der Waals surface area contributed by atoms with E-state index in [9.17, 15) is 4.79 Å². The third kappa shape index (κ3) is 3.36. The third-order valence-corrected chi connectivity index (χ3v) is 3.29. The fourth-order valence-electron chi connectivity index (χ4n) is 1.64. The molecule has 1 heterocycles. The number of nitrogens with zero attached hydrogens (tertiary/aromatic N) is 3. The average molecular weight is 335 g/mol. The van der Waals surface area contributed by atoms with Crippen LogP contribution >= 0.6 is 15.9 Å². The minimum Gasteiger partial charge on any atom is -0.476 e. The van der Waals surface area contributed by atoms with E-state index >= 15 is 0 Å². The lowest BCUT2D eigenvalue weighted by Gasteiger charge is -2.09. The number of nitrogens with one attached hydrogen (secondary N) is 1. The number of halogens is 1. The third-order valence-electron chi connectivity index (χ3n) is 2.64. The molecule has 0 aliphatic carbocycles. The van der Waals surface area contributed by atoms with Crippen molar-refractivity contribution in [1.82, 2.24) is 9.55 Å². The van der Waals surface area contributed by atoms with Crippen LogP contribution < -0.4 is 5.32 Å². The topological polar surface area (TPSA) is 90.9 Å². The maximum absolute atomic E-state index is 10.7. The van der Waals surface area contributed by atoms with E-state index < -0.39 is 5.97 Å². The van der Waals surface area contributed by atoms with Crippen molar-refractivity contribution in [1.29, 1.82) is 5.26 Å². The number of rotatable bonds is 5. The van der Waals surface area contributed by atoms with E-state index in [1.54, 1.807) is 16.7 Å². The Morgan fingerprint density at radius 3 is 2.95 bits per heavy atom. The van der Waals surface area contributed by atoms with E-state index in [4.69, 9.17) is 10.4 Å². The van der Waals surface area contributed by atoms with E-state index in [0.717, 1.165) is 10.2 Å². The molecule has 1 aromatic carbocycles. The summed E-state index contributed by atoms with van der Waals surface area (Å²) in [6, 6.07) is 7.35. The summed E-state index contributed by atoms with van der Waals surface area (Å²) in [5.74, 6) is -1.04. The molecule has 2 aromatic rings. The first-order valence-corrected chi connectivity index (χ1v) is 6.58. The number of hydrogen-bond acceptors (Lipinski definition) is 4. The molecule has 0 bridgehead atoms. The molecule has 1 aromatic heterocycles. The maximum atomic E-state index is 10.7. The highest BCUT2D eigenvalue weighted by molar-refractivity contribution is 9.10. The molecule has 102 valence electrons. The summed E-state index contributed by atoms with van der Waals surface area (Å²) in [5, 5.41) is 20.7. The normalized spacial score (nSPS) is 10.0. The van der Waals surface area contributed by atoms with E-state index in [1.165, 1.54) is 12.5 Å². The Balaban J connectivity index is 1.92. The van der Waals surface area contributed by atoms with Crippen molar-refractivity contribution in [2.45, 2.75) is 6.54 Å². The van der Waals surface area contributed by atoms with Crippen LogP contribution in [0.4, 0.5) is 5.69 Å². The number of benzene rings is 1. The van der Waals surface area contributed by atoms with Crippen LogP contribution in [0.15, 0.2) is 35.2 Å². The van der Waals surface area contributed by atoms with Gasteiger partial charge in [0.15, 0.2) is 5.69 Å². The molecule has 6 nitrogen and oxygen atoms in total. The maximum Gasteiger partial charge on any atom is 0.356 e. The Hall–Kier alpha value is -2.33. The van der Waals surface area contributed by atoms with Gasteiger partial charge in [0.05, 0.1) is 18.0 Å². The summed E-state index contributed by atoms with van der Waals surface area (Å²) >= 11 is 3.39. The van der Waals surface area contributed by atoms with Crippen LogP contribution in [0.1, 0.15) is 16.1 Å². The Morgan fingerprint density at radius 2 is 2.35 bits per heavy atom. The van der Waals surface area contributed by atoms with E-state index in [0.29, 0.717) is 18.7 Å². The van der Waals surface area contributed by atoms with E-state index in [2.05, 4.69) is 32.3 Å². The van der Waals surface area contributed by atoms with Gasteiger partial charge in [-0.05, 0) is 34.1 Å². The first-order valence-electron chi connectivity index (χ1n) is 5.79. The first-order chi connectivity index (χ1) is 9.60. The van der Waals surface area contributed by atoms with Crippen LogP contribution in [-0.4, -0.2) is 27.2 Å². The SMILES string of the molecule is N#Cc1ccc(NCCn2cnc(C(=O)O)c2)c(Br)c1. The molecule has 2 N–H and O–H groups in total. The van der Waals surface area contributed by atoms with Crippen LogP contribution in [0.25, 0.3) is 0 Å². The van der Waals surface area contributed by atoms with Crippen LogP contribution in [-0.2, 0) is 6.54 Å². The second-order valence-corrected chi connectivity index (χ2v) is 4.89. The van der Waals surface area contributed by atoms with Gasteiger partial charge in [-0.3, -0.25) is 0 Å². The summed E-state index contributed by atoms with van der Waals surface area (Å²) in [7, 11) is 0. The van der Waals surface area contributed by atoms with Crippen molar-refractivity contribution in [3.05, 3.63) is 46.5 Å². The number of carboxylic acids is 1. The van der Waals surface area contributed by atoms with Gasteiger partial charge in [-0.2, -0.15) is 5.26 Å². The fourth-order valence-corrected chi connectivity index (χ4v) is 2.16. The molecule has 0 saturated heterocycles. The van der Waals surface area contributed by atoms with Crippen LogP contribution in [0.3, 0.4) is 0 Å². The summed E-state index contributed by atoms with van der Waals surface area (Å²) in [6.07, 6.45) is 2.97. The zero-order valence-electron chi connectivity index (χ0n) is 10.4. The van der Waals surface area contributed by atoms with Crippen molar-refractivity contribution in [2.75, 3.05) is 11.9 Å². The number of imidazole rings is 1. The number of aromatic carboxylic acids is 1. The van der Waals surface area contributed by atoms with Gasteiger partial charge >= 0.3 is 5.97 Å². The highest BCUT2D eigenvalue weighted by atomic mass is 79.9. The number of anilines is 1. The number of hydrogen-bond donors (Lipinski definition) is 2. The van der Waals surface area contributed by atoms with Gasteiger partial charge in [0, 0.05) is 29.4 Å². The van der Waals surface area contributed by atoms with E-state index in [1.807, 2.05) is 6.07 Å². The highest BCUT2D eigenvalue weighted by Crippen LogP contribution is 2.23. The van der Waals surface area contributed by atoms with Gasteiger partial charge in [-0.15, -0.1) is 0 Å². The smallest absolute Gasteiger partial charge is 0.356 e. The molecule has 7 heteroatoms. The zero-order valence-corrected chi connectivity index (χ0v) is 12.0. The molecule has 20 heavy (non-hydrogen) atoms. The first kappa shape index (κ1) is 14.1. The largest absolute Gasteiger partial charge is 0.476 e. The summed E-state index contributed by atoms with van der Waals surface area (Å²) in [4.78, 5) is 14.5. The van der Waals surface area contributed by atoms with Crippen molar-refractivity contribution in [2.24, 2.45) is 0 Å². The average Bonchev–Trinajstić information content (AvgIpc) is 2.89. The van der Waals surface area contributed by atoms with Gasteiger partial charge in [-0.1, -0.05) is 0 Å². The lowest BCUT2D eigenvalue weighted by molar-refractivity contribution is 0.0691. The Bertz CT molecular complexity index is 675. The monoisotopic (exact) mass is 334 g/mol. The van der Waals surface area contributed by atoms with Gasteiger partial charge in [-0.25, -0.2) is 9.78 Å². The molecular weight excluding hydrogens is 324 g/mol. The minimum atomic E-state index is -1.04. The molecule has 0 atom stereocenters. The molecule has 2 rings (SSSR count). The lowest BCUT2D eigenvalue weighted by atomic mass is 10.2. The number of aromatic nitrogens is 2. The van der Waals surface area contributed by atoms with Crippen molar-refractivity contribution in [3.8, 4) is 6.07 Å². The molecule has 0 radical (unpaired) electrons. The Kier molecular flexibility index (Phi) is 4.38. The molecule has 0 amide bonds. The van der Waals surface area contributed by atoms with Crippen LogP contribution in [0, 0.1) is 11.3 Å². The quantitative estimate of drug-likeness (QED) is 0.875. The second-order valence-electron chi connectivity index (χ2n) is 4.04. The molecular formula is C13H11BrN4O2. The van der Waals surface area contributed by atoms with Crippen LogP contribution in [0.2, 0.25) is 0 Å². The molecule has 0 spiro atoms. The fraction of sp³-hybridized carbons (Fsp3) is 0.154. The highest BCUT2D eigenvalue weighted by Gasteiger charge is 2.06. The molecule has 0 fully saturated rings. The Morgan fingerprint density at radius 1 is 1.55 bits per heavy atom. The van der Waals surface area contributed by atoms with Crippen LogP contribution in [0.5, 0.6) is 0 Å². The number of carbonyl (C=O) groups is 1. The standard InChI is InChI=1S/C13H11BrN4O2/c14-10-5-9(6-15)1-2-11(10)16-3-4-18-7-12(13(19)20)17-8-18/h1-2,5,7-8,16H,3-4H2,(H,19,20). The predicted octanol–water partition coefficient (Wildman–Crippen LogP) is 2.33. The molecule has 0 aliphatic rings. The van der Waals surface area contributed by atoms with Gasteiger partial charge in [0.2, 0.25) is 0 Å². The second kappa shape index (κ2) is 6.21. The van der Waals surface area contributed by atoms with Crippen molar-refractivity contribution in [3.63, 3.8) is 0 Å². The summed E-state index contributed by atoms with van der Waals surface area (Å²) in [5.41, 5.74) is 1.50. The van der Waals surface area contributed by atoms with Gasteiger partial charge in [0.1, 0.15) is 0 Å². The summed E-state index contributed by atoms with van der Waals surface area (Å²) < 4.78 is 2.52. The van der Waals surface area contributed by atoms with Gasteiger partial charge in [0.25, 0.3) is 0 Å². The zero-order chi connectivity index (χ0) is 14.5. The lowest BCUT2D eigenvalue weighted by Crippen LogP contribution is -2.09. The predicted molar refractivity (Wildman–Crippen MR) is 76.5 cm³/mol. The molecule has 0 saturated carbocycles. The van der Waals surface area contributed by atoms with Crippen molar-refractivity contribution < 1.29 is 9.90 Å². The van der Waals surface area contributed by atoms with Gasteiger partial charge < -0.3 is 15.0 Å². The number of nitriles is 1. The Labute approximate surface area is 123 Å². The minimum absolute atomic E-state index is 0.0320. The van der Waals surface area contributed by atoms with Crippen molar-refractivity contribution >= 4 is 27.6 Å². The van der Waals surface area contributed by atoms with E-state index in [-0.39, 0.29) is 5.69 Å². The number of carboxylic acid groups (broad SMARTS) is 1. The molecule has 0 unspecified atom stereocenters. The molecule has 0 aliphatic heterocycles. The summed E-state index contributed by atoms with van der Waals surface area (Å²) in [6.45, 7) is 1.20.